The molecule has 1 aliphatic rings. The van der Waals surface area contributed by atoms with Gasteiger partial charge in [0.2, 0.25) is 0 Å². The molecule has 1 heterocycles. The molecular weight excluding hydrogens is 274 g/mol. The van der Waals surface area contributed by atoms with E-state index in [4.69, 9.17) is 10.5 Å². The van der Waals surface area contributed by atoms with E-state index in [2.05, 4.69) is 28.1 Å². The van der Waals surface area contributed by atoms with Crippen LogP contribution < -0.4 is 5.73 Å². The fourth-order valence-electron chi connectivity index (χ4n) is 2.12. The summed E-state index contributed by atoms with van der Waals surface area (Å²) in [6.07, 6.45) is 4.38. The first-order valence-corrected chi connectivity index (χ1v) is 6.82. The van der Waals surface area contributed by atoms with Crippen LogP contribution in [0.15, 0.2) is 15.9 Å². The molecule has 1 aromatic rings. The molecule has 1 fully saturated rings. The van der Waals surface area contributed by atoms with E-state index in [-0.39, 0.29) is 11.6 Å². The molecule has 2 rings (SSSR count). The summed E-state index contributed by atoms with van der Waals surface area (Å²) in [7, 11) is 1.78. The summed E-state index contributed by atoms with van der Waals surface area (Å²) in [6, 6.07) is 4.34. The van der Waals surface area contributed by atoms with Gasteiger partial charge in [0, 0.05) is 18.0 Å². The normalized spacial score (nSPS) is 21.0. The lowest BCUT2D eigenvalue weighted by Gasteiger charge is -2.45. The predicted octanol–water partition coefficient (Wildman–Crippen LogP) is 2.95. The zero-order valence-corrected chi connectivity index (χ0v) is 11.2. The smallest absolute Gasteiger partial charge is 0.0832 e. The highest BCUT2D eigenvalue weighted by molar-refractivity contribution is 9.11. The Bertz CT molecular complexity index is 330. The summed E-state index contributed by atoms with van der Waals surface area (Å²) >= 11 is 5.23. The molecule has 2 nitrogen and oxygen atoms in total. The number of rotatable bonds is 4. The molecule has 0 radical (unpaired) electrons. The number of methoxy groups -OCH3 is 1. The topological polar surface area (TPSA) is 35.2 Å². The van der Waals surface area contributed by atoms with Crippen LogP contribution in [0.4, 0.5) is 0 Å². The summed E-state index contributed by atoms with van der Waals surface area (Å²) in [5, 5.41) is 0. The monoisotopic (exact) mass is 289 g/mol. The summed E-state index contributed by atoms with van der Waals surface area (Å²) < 4.78 is 6.75. The molecule has 0 bridgehead atoms. The van der Waals surface area contributed by atoms with Gasteiger partial charge in [-0.3, -0.25) is 0 Å². The van der Waals surface area contributed by atoms with Crippen molar-refractivity contribution in [2.24, 2.45) is 5.73 Å². The first-order chi connectivity index (χ1) is 7.16. The van der Waals surface area contributed by atoms with Crippen LogP contribution in [0.1, 0.15) is 24.1 Å². The Morgan fingerprint density at radius 1 is 1.60 bits per heavy atom. The van der Waals surface area contributed by atoms with Crippen LogP contribution in [-0.2, 0) is 11.2 Å². The molecule has 0 saturated heterocycles. The Labute approximate surface area is 103 Å². The summed E-state index contributed by atoms with van der Waals surface area (Å²) in [6.45, 7) is 0. The Morgan fingerprint density at radius 3 is 2.73 bits per heavy atom. The van der Waals surface area contributed by atoms with Gasteiger partial charge < -0.3 is 10.5 Å². The quantitative estimate of drug-likeness (QED) is 0.925. The van der Waals surface area contributed by atoms with Crippen molar-refractivity contribution in [2.45, 2.75) is 37.3 Å². The van der Waals surface area contributed by atoms with Gasteiger partial charge in [0.05, 0.1) is 9.39 Å². The third-order valence-corrected chi connectivity index (χ3v) is 4.98. The first kappa shape index (κ1) is 11.6. The molecule has 0 amide bonds. The zero-order chi connectivity index (χ0) is 10.9. The van der Waals surface area contributed by atoms with Crippen LogP contribution in [0, 0.1) is 0 Å². The minimum Gasteiger partial charge on any atom is -0.377 e. The molecule has 0 aliphatic heterocycles. The fourth-order valence-corrected chi connectivity index (χ4v) is 3.66. The fraction of sp³-hybridized carbons (Fsp3) is 0.636. The van der Waals surface area contributed by atoms with Crippen LogP contribution in [0.25, 0.3) is 0 Å². The van der Waals surface area contributed by atoms with Crippen molar-refractivity contribution in [3.05, 3.63) is 20.8 Å². The molecule has 84 valence electrons. The molecule has 15 heavy (non-hydrogen) atoms. The van der Waals surface area contributed by atoms with Crippen LogP contribution >= 0.6 is 27.3 Å². The van der Waals surface area contributed by atoms with Gasteiger partial charge in [-0.2, -0.15) is 0 Å². The summed E-state index contributed by atoms with van der Waals surface area (Å²) in [5.41, 5.74) is 6.19. The maximum Gasteiger partial charge on any atom is 0.0832 e. The van der Waals surface area contributed by atoms with E-state index < -0.39 is 0 Å². The van der Waals surface area contributed by atoms with Crippen LogP contribution in [-0.4, -0.2) is 18.8 Å². The van der Waals surface area contributed by atoms with E-state index in [0.717, 1.165) is 19.3 Å². The summed E-state index contributed by atoms with van der Waals surface area (Å²) in [4.78, 5) is 1.33. The number of hydrogen-bond donors (Lipinski definition) is 1. The van der Waals surface area contributed by atoms with Crippen LogP contribution in [0.2, 0.25) is 0 Å². The highest BCUT2D eigenvalue weighted by atomic mass is 79.9. The summed E-state index contributed by atoms with van der Waals surface area (Å²) in [5.74, 6) is 0. The van der Waals surface area contributed by atoms with Crippen molar-refractivity contribution in [1.82, 2.24) is 0 Å². The van der Waals surface area contributed by atoms with Gasteiger partial charge in [0.25, 0.3) is 0 Å². The Morgan fingerprint density at radius 2 is 2.33 bits per heavy atom. The average molecular weight is 290 g/mol. The van der Waals surface area contributed by atoms with Gasteiger partial charge in [-0.25, -0.2) is 0 Å². The minimum absolute atomic E-state index is 0.0452. The maximum atomic E-state index is 6.23. The minimum atomic E-state index is -0.0452. The highest BCUT2D eigenvalue weighted by Gasteiger charge is 2.42. The van der Waals surface area contributed by atoms with Crippen molar-refractivity contribution in [3.63, 3.8) is 0 Å². The first-order valence-electron chi connectivity index (χ1n) is 5.21. The lowest BCUT2D eigenvalue weighted by Crippen LogP contribution is -2.55. The number of halogens is 1. The lowest BCUT2D eigenvalue weighted by atomic mass is 9.73. The SMILES string of the molecule is COC1(C(N)Cc2ccc(Br)s2)CCC1. The molecule has 1 aliphatic carbocycles. The van der Waals surface area contributed by atoms with Gasteiger partial charge in [0.15, 0.2) is 0 Å². The predicted molar refractivity (Wildman–Crippen MR) is 67.3 cm³/mol. The van der Waals surface area contributed by atoms with Crippen molar-refractivity contribution in [1.29, 1.82) is 0 Å². The maximum absolute atomic E-state index is 6.23. The molecule has 0 spiro atoms. The third-order valence-electron chi connectivity index (χ3n) is 3.33. The number of nitrogens with two attached hydrogens (primary N) is 1. The second kappa shape index (κ2) is 4.53. The van der Waals surface area contributed by atoms with Gasteiger partial charge in [-0.05, 0) is 53.7 Å². The lowest BCUT2D eigenvalue weighted by molar-refractivity contribution is -0.0895. The van der Waals surface area contributed by atoms with Gasteiger partial charge in [-0.1, -0.05) is 0 Å². The molecular formula is C11H16BrNOS. The van der Waals surface area contributed by atoms with Crippen molar-refractivity contribution in [2.75, 3.05) is 7.11 Å². The van der Waals surface area contributed by atoms with Gasteiger partial charge in [-0.15, -0.1) is 11.3 Å². The van der Waals surface area contributed by atoms with Gasteiger partial charge in [0.1, 0.15) is 0 Å². The Balaban J connectivity index is 1.99. The molecule has 0 aromatic carbocycles. The standard InChI is InChI=1S/C11H16BrNOS/c1-14-11(5-2-6-11)9(13)7-8-3-4-10(12)15-8/h3-4,9H,2,5-7,13H2,1H3. The third kappa shape index (κ3) is 2.28. The van der Waals surface area contributed by atoms with E-state index in [1.807, 2.05) is 0 Å². The zero-order valence-electron chi connectivity index (χ0n) is 8.83. The average Bonchev–Trinajstić information content (AvgIpc) is 2.50. The largest absolute Gasteiger partial charge is 0.377 e. The molecule has 1 unspecified atom stereocenters. The second-order valence-electron chi connectivity index (χ2n) is 4.14. The Hall–Kier alpha value is 0.1000. The number of thiophene rings is 1. The van der Waals surface area contributed by atoms with E-state index in [1.54, 1.807) is 18.4 Å². The van der Waals surface area contributed by atoms with E-state index in [1.165, 1.54) is 15.1 Å². The number of ether oxygens (including phenoxy) is 1. The molecule has 1 atom stereocenters. The van der Waals surface area contributed by atoms with Crippen molar-refractivity contribution in [3.8, 4) is 0 Å². The molecule has 1 aromatic heterocycles. The van der Waals surface area contributed by atoms with Crippen molar-refractivity contribution >= 4 is 27.3 Å². The van der Waals surface area contributed by atoms with Gasteiger partial charge >= 0.3 is 0 Å². The molecule has 1 saturated carbocycles. The Kier molecular flexibility index (Phi) is 3.50. The van der Waals surface area contributed by atoms with E-state index in [9.17, 15) is 0 Å². The van der Waals surface area contributed by atoms with Crippen molar-refractivity contribution < 1.29 is 4.74 Å². The van der Waals surface area contributed by atoms with Crippen LogP contribution in [0.3, 0.4) is 0 Å². The second-order valence-corrected chi connectivity index (χ2v) is 6.69. The molecule has 2 N–H and O–H groups in total. The highest BCUT2D eigenvalue weighted by Crippen LogP contribution is 2.39. The van der Waals surface area contributed by atoms with Crippen LogP contribution in [0.5, 0.6) is 0 Å². The molecule has 4 heteroatoms. The van der Waals surface area contributed by atoms with E-state index in [0.29, 0.717) is 0 Å². The van der Waals surface area contributed by atoms with E-state index >= 15 is 0 Å². The number of hydrogen-bond acceptors (Lipinski definition) is 3.